The van der Waals surface area contributed by atoms with Gasteiger partial charge in [0.15, 0.2) is 5.84 Å². The molecule has 0 aromatic rings. The van der Waals surface area contributed by atoms with Crippen LogP contribution in [0.15, 0.2) is 5.16 Å². The van der Waals surface area contributed by atoms with Crippen LogP contribution in [0.5, 0.6) is 0 Å². The van der Waals surface area contributed by atoms with Gasteiger partial charge in [-0.2, -0.15) is 0 Å². The zero-order valence-corrected chi connectivity index (χ0v) is 12.7. The van der Waals surface area contributed by atoms with Crippen molar-refractivity contribution in [1.29, 1.82) is 0 Å². The fraction of sp³-hybridized carbons (Fsp3) is 0.929. The van der Waals surface area contributed by atoms with E-state index in [0.29, 0.717) is 11.9 Å². The average molecular weight is 270 g/mol. The van der Waals surface area contributed by atoms with Crippen LogP contribution in [0, 0.1) is 0 Å². The van der Waals surface area contributed by atoms with Gasteiger partial charge in [-0.3, -0.25) is 9.80 Å². The third-order valence-corrected chi connectivity index (χ3v) is 4.27. The lowest BCUT2D eigenvalue weighted by Gasteiger charge is -2.41. The van der Waals surface area contributed by atoms with E-state index >= 15 is 0 Å². The zero-order valence-electron chi connectivity index (χ0n) is 12.7. The van der Waals surface area contributed by atoms with Gasteiger partial charge in [0.25, 0.3) is 0 Å². The quantitative estimate of drug-likeness (QED) is 0.320. The summed E-state index contributed by atoms with van der Waals surface area (Å²) in [5, 5.41) is 12.1. The molecule has 112 valence electrons. The second kappa shape index (κ2) is 8.38. The number of nitrogens with two attached hydrogens (primary N) is 1. The third-order valence-electron chi connectivity index (χ3n) is 4.27. The van der Waals surface area contributed by atoms with Crippen LogP contribution in [-0.4, -0.2) is 59.1 Å². The van der Waals surface area contributed by atoms with Crippen molar-refractivity contribution in [2.45, 2.75) is 58.5 Å². The molecule has 19 heavy (non-hydrogen) atoms. The Kier molecular flexibility index (Phi) is 7.16. The number of hydrogen-bond donors (Lipinski definition) is 2. The topological polar surface area (TPSA) is 65.1 Å². The number of piperazine rings is 1. The van der Waals surface area contributed by atoms with Crippen molar-refractivity contribution in [3.63, 3.8) is 0 Å². The van der Waals surface area contributed by atoms with Crippen LogP contribution in [0.2, 0.25) is 0 Å². The van der Waals surface area contributed by atoms with Gasteiger partial charge in [0.2, 0.25) is 0 Å². The second-order valence-electron chi connectivity index (χ2n) is 5.37. The first-order valence-electron chi connectivity index (χ1n) is 7.63. The van der Waals surface area contributed by atoms with E-state index in [-0.39, 0.29) is 6.04 Å². The molecular weight excluding hydrogens is 240 g/mol. The summed E-state index contributed by atoms with van der Waals surface area (Å²) in [5.41, 5.74) is 5.83. The molecule has 1 aliphatic rings. The van der Waals surface area contributed by atoms with Crippen LogP contribution < -0.4 is 5.73 Å². The third kappa shape index (κ3) is 4.35. The molecule has 0 saturated carbocycles. The minimum atomic E-state index is 0.0962. The summed E-state index contributed by atoms with van der Waals surface area (Å²) in [6.45, 7) is 10.9. The molecule has 0 aromatic heterocycles. The molecule has 0 amide bonds. The van der Waals surface area contributed by atoms with Crippen LogP contribution in [0.1, 0.15) is 46.5 Å². The largest absolute Gasteiger partial charge is 0.409 e. The van der Waals surface area contributed by atoms with Crippen molar-refractivity contribution >= 4 is 5.84 Å². The fourth-order valence-electron chi connectivity index (χ4n) is 3.08. The molecule has 1 fully saturated rings. The highest BCUT2D eigenvalue weighted by atomic mass is 16.4. The van der Waals surface area contributed by atoms with Gasteiger partial charge in [-0.1, -0.05) is 32.3 Å². The number of nitrogens with zero attached hydrogens (tertiary/aromatic N) is 3. The van der Waals surface area contributed by atoms with Gasteiger partial charge in [0.05, 0.1) is 6.04 Å². The molecule has 1 aliphatic heterocycles. The Balaban J connectivity index is 2.55. The van der Waals surface area contributed by atoms with Crippen molar-refractivity contribution in [1.82, 2.24) is 9.80 Å². The number of hydrogen-bond acceptors (Lipinski definition) is 4. The molecule has 1 rings (SSSR count). The molecule has 1 heterocycles. The van der Waals surface area contributed by atoms with Gasteiger partial charge in [-0.25, -0.2) is 0 Å². The van der Waals surface area contributed by atoms with Crippen LogP contribution in [0.25, 0.3) is 0 Å². The predicted octanol–water partition coefficient (Wildman–Crippen LogP) is 1.71. The van der Waals surface area contributed by atoms with Crippen LogP contribution in [-0.2, 0) is 0 Å². The van der Waals surface area contributed by atoms with Gasteiger partial charge in [0, 0.05) is 32.2 Å². The van der Waals surface area contributed by atoms with Gasteiger partial charge in [-0.05, 0) is 19.3 Å². The summed E-state index contributed by atoms with van der Waals surface area (Å²) >= 11 is 0. The van der Waals surface area contributed by atoms with E-state index in [1.165, 1.54) is 12.8 Å². The van der Waals surface area contributed by atoms with Crippen molar-refractivity contribution in [2.24, 2.45) is 10.9 Å². The van der Waals surface area contributed by atoms with Crippen LogP contribution in [0.4, 0.5) is 0 Å². The van der Waals surface area contributed by atoms with E-state index < -0.39 is 0 Å². The molecule has 0 aromatic carbocycles. The van der Waals surface area contributed by atoms with E-state index in [1.807, 2.05) is 0 Å². The molecular formula is C14H30N4O. The molecule has 1 saturated heterocycles. The summed E-state index contributed by atoms with van der Waals surface area (Å²) in [4.78, 5) is 4.93. The average Bonchev–Trinajstić information content (AvgIpc) is 2.46. The minimum Gasteiger partial charge on any atom is -0.409 e. The maximum atomic E-state index is 8.90. The Bertz CT molecular complexity index is 271. The zero-order chi connectivity index (χ0) is 14.3. The lowest BCUT2D eigenvalue weighted by atomic mass is 10.1. The first-order valence-corrected chi connectivity index (χ1v) is 7.63. The summed E-state index contributed by atoms with van der Waals surface area (Å²) < 4.78 is 0. The Morgan fingerprint density at radius 2 is 1.63 bits per heavy atom. The molecule has 0 bridgehead atoms. The standard InChI is InChI=1S/C14H30N4O/c1-4-7-13(14(15)16-19)18-10-8-17(9-11-18)12(5-2)6-3/h12-13,19H,4-11H2,1-3H3,(H2,15,16). The summed E-state index contributed by atoms with van der Waals surface area (Å²) in [5.74, 6) is 0.359. The first-order chi connectivity index (χ1) is 9.17. The lowest BCUT2D eigenvalue weighted by Crippen LogP contribution is -2.55. The van der Waals surface area contributed by atoms with Crippen molar-refractivity contribution in [3.05, 3.63) is 0 Å². The minimum absolute atomic E-state index is 0.0962. The van der Waals surface area contributed by atoms with Crippen LogP contribution >= 0.6 is 0 Å². The summed E-state index contributed by atoms with van der Waals surface area (Å²) in [6.07, 6.45) is 4.44. The number of amidine groups is 1. The van der Waals surface area contributed by atoms with E-state index in [2.05, 4.69) is 35.7 Å². The lowest BCUT2D eigenvalue weighted by molar-refractivity contribution is 0.0784. The molecule has 0 spiro atoms. The van der Waals surface area contributed by atoms with Gasteiger partial charge < -0.3 is 10.9 Å². The molecule has 1 atom stereocenters. The summed E-state index contributed by atoms with van der Waals surface area (Å²) in [6, 6.07) is 0.800. The van der Waals surface area contributed by atoms with Crippen molar-refractivity contribution in [2.75, 3.05) is 26.2 Å². The molecule has 1 unspecified atom stereocenters. The normalized spacial score (nSPS) is 20.9. The van der Waals surface area contributed by atoms with E-state index in [0.717, 1.165) is 39.0 Å². The van der Waals surface area contributed by atoms with Crippen molar-refractivity contribution < 1.29 is 5.21 Å². The maximum absolute atomic E-state index is 8.90. The summed E-state index contributed by atoms with van der Waals surface area (Å²) in [7, 11) is 0. The highest BCUT2D eigenvalue weighted by Crippen LogP contribution is 2.16. The molecule has 5 nitrogen and oxygen atoms in total. The number of rotatable bonds is 7. The Labute approximate surface area is 117 Å². The van der Waals surface area contributed by atoms with E-state index in [9.17, 15) is 0 Å². The molecule has 0 radical (unpaired) electrons. The fourth-order valence-corrected chi connectivity index (χ4v) is 3.08. The van der Waals surface area contributed by atoms with E-state index in [4.69, 9.17) is 10.9 Å². The molecule has 5 heteroatoms. The molecule has 0 aliphatic carbocycles. The second-order valence-corrected chi connectivity index (χ2v) is 5.37. The highest BCUT2D eigenvalue weighted by molar-refractivity contribution is 5.85. The first kappa shape index (κ1) is 16.2. The predicted molar refractivity (Wildman–Crippen MR) is 79.6 cm³/mol. The maximum Gasteiger partial charge on any atom is 0.156 e. The Morgan fingerprint density at radius 3 is 2.05 bits per heavy atom. The smallest absolute Gasteiger partial charge is 0.156 e. The van der Waals surface area contributed by atoms with Crippen molar-refractivity contribution in [3.8, 4) is 0 Å². The SMILES string of the molecule is CCCC(C(N)=NO)N1CCN(C(CC)CC)CC1. The van der Waals surface area contributed by atoms with Gasteiger partial charge in [0.1, 0.15) is 0 Å². The van der Waals surface area contributed by atoms with E-state index in [1.54, 1.807) is 0 Å². The monoisotopic (exact) mass is 270 g/mol. The van der Waals surface area contributed by atoms with Crippen LogP contribution in [0.3, 0.4) is 0 Å². The molecule has 3 N–H and O–H groups in total. The number of oxime groups is 1. The van der Waals surface area contributed by atoms with Gasteiger partial charge >= 0.3 is 0 Å². The van der Waals surface area contributed by atoms with Gasteiger partial charge in [-0.15, -0.1) is 0 Å². The Hall–Kier alpha value is -0.810. The highest BCUT2D eigenvalue weighted by Gasteiger charge is 2.27. The Morgan fingerprint density at radius 1 is 1.11 bits per heavy atom.